The molecule has 1 aliphatic heterocycles. The Balaban J connectivity index is 1.54. The Morgan fingerprint density at radius 2 is 1.66 bits per heavy atom. The highest BCUT2D eigenvalue weighted by Gasteiger charge is 2.41. The van der Waals surface area contributed by atoms with Crippen molar-refractivity contribution < 1.29 is 42.1 Å². The van der Waals surface area contributed by atoms with Crippen LogP contribution in [0.3, 0.4) is 0 Å². The molecule has 32 heavy (non-hydrogen) atoms. The lowest BCUT2D eigenvalue weighted by atomic mass is 10.2. The Hall–Kier alpha value is -3.60. The molecule has 0 radical (unpaired) electrons. The van der Waals surface area contributed by atoms with Gasteiger partial charge in [0.15, 0.2) is 0 Å². The second-order valence-corrected chi connectivity index (χ2v) is 6.92. The summed E-state index contributed by atoms with van der Waals surface area (Å²) < 4.78 is 47.6. The van der Waals surface area contributed by atoms with E-state index in [0.717, 1.165) is 4.90 Å². The lowest BCUT2D eigenvalue weighted by Gasteiger charge is -2.21. The number of hydrogen-bond donors (Lipinski definition) is 2. The molecule has 2 atom stereocenters. The van der Waals surface area contributed by atoms with E-state index in [-0.39, 0.29) is 18.5 Å². The third kappa shape index (κ3) is 5.97. The summed E-state index contributed by atoms with van der Waals surface area (Å²) in [6, 6.07) is 9.97. The molecule has 0 aromatic heterocycles. The van der Waals surface area contributed by atoms with Crippen molar-refractivity contribution in [2.24, 2.45) is 0 Å². The number of halogens is 3. The van der Waals surface area contributed by atoms with E-state index in [9.17, 15) is 32.7 Å². The number of rotatable bonds is 8. The summed E-state index contributed by atoms with van der Waals surface area (Å²) in [6.07, 6.45) is -1.38. The third-order valence-corrected chi connectivity index (χ3v) is 4.73. The van der Waals surface area contributed by atoms with Crippen molar-refractivity contribution in [3.8, 4) is 11.5 Å². The second-order valence-electron chi connectivity index (χ2n) is 6.92. The smallest absolute Gasteiger partial charge is 0.345 e. The van der Waals surface area contributed by atoms with Gasteiger partial charge in [-0.2, -0.15) is 8.78 Å². The van der Waals surface area contributed by atoms with Gasteiger partial charge in [0.2, 0.25) is 5.91 Å². The van der Waals surface area contributed by atoms with Crippen molar-refractivity contribution in [3.63, 3.8) is 0 Å². The topological polar surface area (TPSA) is 105 Å². The van der Waals surface area contributed by atoms with Crippen molar-refractivity contribution >= 4 is 17.8 Å². The highest BCUT2D eigenvalue weighted by Crippen LogP contribution is 2.23. The number of aliphatic carboxylic acids is 1. The number of ether oxygens (including phenoxy) is 2. The number of carboxylic acid groups (broad SMARTS) is 1. The lowest BCUT2D eigenvalue weighted by molar-refractivity contribution is -0.160. The molecular weight excluding hydrogens is 433 g/mol. The van der Waals surface area contributed by atoms with Crippen LogP contribution >= 0.6 is 0 Å². The summed E-state index contributed by atoms with van der Waals surface area (Å²) in [5.41, 5.74) is 0.208. The van der Waals surface area contributed by atoms with Gasteiger partial charge < -0.3 is 24.8 Å². The van der Waals surface area contributed by atoms with Crippen molar-refractivity contribution in [2.75, 3.05) is 13.1 Å². The molecule has 1 heterocycles. The molecule has 2 unspecified atom stereocenters. The quantitative estimate of drug-likeness (QED) is 0.638. The molecular formula is C21H19F3N2O6. The molecule has 11 heteroatoms. The first-order valence-corrected chi connectivity index (χ1v) is 9.50. The average molecular weight is 452 g/mol. The standard InChI is InChI=1S/C21H19F3N2O6/c22-13-3-7-15(8-4-13)31-14-5-1-12(2-6-14)19(28)25-10-18(27)26-11-16(32-21(23)24)9-17(26)20(29)30/h1-8,16-17,21H,9-11H2,(H,25,28)(H,29,30). The number of nitrogens with zero attached hydrogens (tertiary/aromatic N) is 1. The minimum atomic E-state index is -3.08. The maximum Gasteiger partial charge on any atom is 0.345 e. The normalized spacial score (nSPS) is 17.9. The van der Waals surface area contributed by atoms with Crippen LogP contribution in [0.1, 0.15) is 16.8 Å². The number of hydrogen-bond acceptors (Lipinski definition) is 5. The maximum atomic E-state index is 12.9. The number of carbonyl (C=O) groups excluding carboxylic acids is 2. The molecule has 1 fully saturated rings. The van der Waals surface area contributed by atoms with Gasteiger partial charge in [0.05, 0.1) is 12.6 Å². The molecule has 2 amide bonds. The molecule has 0 aliphatic carbocycles. The van der Waals surface area contributed by atoms with Crippen LogP contribution in [0.25, 0.3) is 0 Å². The first kappa shape index (κ1) is 23.1. The zero-order chi connectivity index (χ0) is 23.3. The van der Waals surface area contributed by atoms with E-state index < -0.39 is 48.9 Å². The van der Waals surface area contributed by atoms with Crippen LogP contribution in [0.4, 0.5) is 13.2 Å². The molecule has 2 aromatic rings. The fraction of sp³-hybridized carbons (Fsp3) is 0.286. The molecule has 1 saturated heterocycles. The highest BCUT2D eigenvalue weighted by molar-refractivity contribution is 5.97. The maximum absolute atomic E-state index is 12.9. The summed E-state index contributed by atoms with van der Waals surface area (Å²) in [7, 11) is 0. The van der Waals surface area contributed by atoms with Crippen molar-refractivity contribution in [2.45, 2.75) is 25.2 Å². The fourth-order valence-electron chi connectivity index (χ4n) is 3.22. The Morgan fingerprint density at radius 3 is 2.22 bits per heavy atom. The Morgan fingerprint density at radius 1 is 1.06 bits per heavy atom. The largest absolute Gasteiger partial charge is 0.480 e. The monoisotopic (exact) mass is 452 g/mol. The lowest BCUT2D eigenvalue weighted by Crippen LogP contribution is -2.45. The van der Waals surface area contributed by atoms with Crippen LogP contribution < -0.4 is 10.1 Å². The summed E-state index contributed by atoms with van der Waals surface area (Å²) in [4.78, 5) is 36.9. The number of alkyl halides is 2. The molecule has 0 saturated carbocycles. The predicted molar refractivity (Wildman–Crippen MR) is 104 cm³/mol. The molecule has 8 nitrogen and oxygen atoms in total. The first-order chi connectivity index (χ1) is 15.2. The average Bonchev–Trinajstić information content (AvgIpc) is 3.17. The highest BCUT2D eigenvalue weighted by atomic mass is 19.3. The number of carboxylic acids is 1. The molecule has 0 bridgehead atoms. The zero-order valence-electron chi connectivity index (χ0n) is 16.5. The van der Waals surface area contributed by atoms with Gasteiger partial charge in [-0.05, 0) is 48.5 Å². The number of benzene rings is 2. The molecule has 1 aliphatic rings. The van der Waals surface area contributed by atoms with Gasteiger partial charge in [-0.15, -0.1) is 0 Å². The van der Waals surface area contributed by atoms with Crippen LogP contribution in [0.5, 0.6) is 11.5 Å². The first-order valence-electron chi connectivity index (χ1n) is 9.50. The molecule has 2 N–H and O–H groups in total. The number of likely N-dealkylation sites (tertiary alicyclic amines) is 1. The SMILES string of the molecule is O=C(NCC(=O)N1CC(OC(F)F)CC1C(=O)O)c1ccc(Oc2ccc(F)cc2)cc1. The van der Waals surface area contributed by atoms with Crippen LogP contribution in [0, 0.1) is 5.82 Å². The summed E-state index contributed by atoms with van der Waals surface area (Å²) in [5, 5.41) is 11.6. The van der Waals surface area contributed by atoms with Gasteiger partial charge in [-0.1, -0.05) is 0 Å². The van der Waals surface area contributed by atoms with Crippen molar-refractivity contribution in [1.82, 2.24) is 10.2 Å². The van der Waals surface area contributed by atoms with Gasteiger partial charge in [-0.25, -0.2) is 9.18 Å². The van der Waals surface area contributed by atoms with Crippen molar-refractivity contribution in [1.29, 1.82) is 0 Å². The Labute approximate surface area is 180 Å². The Bertz CT molecular complexity index is 969. The van der Waals surface area contributed by atoms with E-state index in [0.29, 0.717) is 11.5 Å². The molecule has 3 rings (SSSR count). The minimum absolute atomic E-state index is 0.208. The number of amides is 2. The third-order valence-electron chi connectivity index (χ3n) is 4.73. The molecule has 0 spiro atoms. The zero-order valence-corrected chi connectivity index (χ0v) is 16.5. The summed E-state index contributed by atoms with van der Waals surface area (Å²) in [6.45, 7) is -3.91. The van der Waals surface area contributed by atoms with E-state index in [2.05, 4.69) is 10.1 Å². The van der Waals surface area contributed by atoms with E-state index in [1.807, 2.05) is 0 Å². The van der Waals surface area contributed by atoms with E-state index in [1.165, 1.54) is 48.5 Å². The van der Waals surface area contributed by atoms with Gasteiger partial charge in [0, 0.05) is 18.5 Å². The van der Waals surface area contributed by atoms with Crippen LogP contribution in [-0.4, -0.2) is 59.6 Å². The molecule has 2 aromatic carbocycles. The van der Waals surface area contributed by atoms with Crippen LogP contribution in [-0.2, 0) is 14.3 Å². The van der Waals surface area contributed by atoms with E-state index in [1.54, 1.807) is 0 Å². The fourth-order valence-corrected chi connectivity index (χ4v) is 3.22. The van der Waals surface area contributed by atoms with Gasteiger partial charge in [-0.3, -0.25) is 9.59 Å². The Kier molecular flexibility index (Phi) is 7.31. The van der Waals surface area contributed by atoms with Crippen LogP contribution in [0.2, 0.25) is 0 Å². The summed E-state index contributed by atoms with van der Waals surface area (Å²) >= 11 is 0. The van der Waals surface area contributed by atoms with Gasteiger partial charge in [0.25, 0.3) is 5.91 Å². The minimum Gasteiger partial charge on any atom is -0.480 e. The van der Waals surface area contributed by atoms with E-state index >= 15 is 0 Å². The van der Waals surface area contributed by atoms with E-state index in [4.69, 9.17) is 4.74 Å². The summed E-state index contributed by atoms with van der Waals surface area (Å²) in [5.74, 6) is -2.28. The van der Waals surface area contributed by atoms with Crippen LogP contribution in [0.15, 0.2) is 48.5 Å². The van der Waals surface area contributed by atoms with Crippen molar-refractivity contribution in [3.05, 3.63) is 59.9 Å². The predicted octanol–water partition coefficient (Wildman–Crippen LogP) is 2.64. The molecule has 170 valence electrons. The number of nitrogens with one attached hydrogen (secondary N) is 1. The van der Waals surface area contributed by atoms with Gasteiger partial charge >= 0.3 is 12.6 Å². The number of carbonyl (C=O) groups is 3. The second kappa shape index (κ2) is 10.1. The van der Waals surface area contributed by atoms with Gasteiger partial charge in [0.1, 0.15) is 23.4 Å².